The van der Waals surface area contributed by atoms with Gasteiger partial charge >= 0.3 is 6.09 Å². The Morgan fingerprint density at radius 2 is 1.81 bits per heavy atom. The normalized spacial score (nSPS) is 23.9. The number of nitrogens with zero attached hydrogens (tertiary/aromatic N) is 6. The summed E-state index contributed by atoms with van der Waals surface area (Å²) in [6, 6.07) is 6.48. The fourth-order valence-electron chi connectivity index (χ4n) is 8.14. The van der Waals surface area contributed by atoms with Crippen LogP contribution < -0.4 is 0 Å². The van der Waals surface area contributed by atoms with Crippen LogP contribution in [-0.4, -0.2) is 86.1 Å². The van der Waals surface area contributed by atoms with Crippen LogP contribution in [0.15, 0.2) is 43.0 Å². The number of carbonyl (C=O) groups excluding carboxylic acids is 2. The minimum absolute atomic E-state index is 0.0425. The molecule has 0 radical (unpaired) electrons. The van der Waals surface area contributed by atoms with E-state index in [1.165, 1.54) is 6.20 Å². The van der Waals surface area contributed by atoms with Gasteiger partial charge in [-0.2, -0.15) is 0 Å². The minimum Gasteiger partial charge on any atom is -0.446 e. The highest BCUT2D eigenvalue weighted by atomic mass is 35.5. The molecule has 0 N–H and O–H groups in total. The summed E-state index contributed by atoms with van der Waals surface area (Å²) in [5.41, 5.74) is 4.79. The Morgan fingerprint density at radius 1 is 0.979 bits per heavy atom. The topological polar surface area (TPSA) is 83.8 Å². The fraction of sp³-hybridized carbons (Fsp3) is 0.556. The van der Waals surface area contributed by atoms with E-state index in [0.29, 0.717) is 56.5 Å². The van der Waals surface area contributed by atoms with Gasteiger partial charge in [0.2, 0.25) is 5.91 Å². The number of halogens is 2. The molecule has 47 heavy (non-hydrogen) atoms. The van der Waals surface area contributed by atoms with Crippen molar-refractivity contribution in [3.8, 4) is 0 Å². The zero-order valence-electron chi connectivity index (χ0n) is 27.1. The lowest BCUT2D eigenvalue weighted by Crippen LogP contribution is -2.62. The van der Waals surface area contributed by atoms with Crippen LogP contribution in [0.4, 0.5) is 9.18 Å². The van der Waals surface area contributed by atoms with Crippen molar-refractivity contribution in [3.63, 3.8) is 0 Å². The molecule has 3 aromatic rings. The molecule has 1 aromatic carbocycles. The number of pyridine rings is 1. The van der Waals surface area contributed by atoms with E-state index < -0.39 is 12.1 Å². The zero-order valence-corrected chi connectivity index (χ0v) is 27.9. The molecule has 0 bridgehead atoms. The van der Waals surface area contributed by atoms with Crippen molar-refractivity contribution >= 4 is 23.6 Å². The van der Waals surface area contributed by atoms with Crippen LogP contribution in [-0.2, 0) is 28.9 Å². The summed E-state index contributed by atoms with van der Waals surface area (Å²) in [7, 11) is 0. The maximum absolute atomic E-state index is 14.6. The van der Waals surface area contributed by atoms with Gasteiger partial charge in [0.1, 0.15) is 18.0 Å². The molecule has 1 saturated carbocycles. The number of rotatable bonds is 5. The molecule has 4 aliphatic rings. The van der Waals surface area contributed by atoms with Gasteiger partial charge in [-0.25, -0.2) is 14.2 Å². The molecule has 0 spiro atoms. The molecule has 3 atom stereocenters. The number of imidazole rings is 1. The molecule has 1 unspecified atom stereocenters. The quantitative estimate of drug-likeness (QED) is 0.335. The molecule has 2 aliphatic heterocycles. The van der Waals surface area contributed by atoms with Gasteiger partial charge in [-0.05, 0) is 99.1 Å². The summed E-state index contributed by atoms with van der Waals surface area (Å²) < 4.78 is 22.6. The van der Waals surface area contributed by atoms with Gasteiger partial charge in [-0.15, -0.1) is 0 Å². The van der Waals surface area contributed by atoms with Gasteiger partial charge < -0.3 is 14.2 Å². The number of likely N-dealkylation sites (tertiary alicyclic amines) is 1. The van der Waals surface area contributed by atoms with Crippen LogP contribution in [0.3, 0.4) is 0 Å². The first-order valence-electron chi connectivity index (χ1n) is 17.2. The van der Waals surface area contributed by atoms with Crippen LogP contribution >= 0.6 is 11.6 Å². The van der Waals surface area contributed by atoms with Gasteiger partial charge in [0, 0.05) is 50.5 Å². The van der Waals surface area contributed by atoms with Crippen molar-refractivity contribution in [3.05, 3.63) is 81.9 Å². The molecule has 250 valence electrons. The third-order valence-corrected chi connectivity index (χ3v) is 10.7. The van der Waals surface area contributed by atoms with Crippen molar-refractivity contribution < 1.29 is 18.7 Å². The summed E-state index contributed by atoms with van der Waals surface area (Å²) in [4.78, 5) is 43.3. The molecular formula is C36H44ClFN6O3. The van der Waals surface area contributed by atoms with E-state index in [4.69, 9.17) is 16.3 Å². The highest BCUT2D eigenvalue weighted by molar-refractivity contribution is 6.30. The highest BCUT2D eigenvalue weighted by Gasteiger charge is 2.43. The van der Waals surface area contributed by atoms with Gasteiger partial charge in [0.25, 0.3) is 0 Å². The van der Waals surface area contributed by atoms with Crippen molar-refractivity contribution in [1.29, 1.82) is 0 Å². The van der Waals surface area contributed by atoms with Gasteiger partial charge in [-0.1, -0.05) is 24.1 Å². The fourth-order valence-corrected chi connectivity index (χ4v) is 8.33. The van der Waals surface area contributed by atoms with Crippen LogP contribution in [0.25, 0.3) is 0 Å². The molecule has 9 nitrogen and oxygen atoms in total. The average molecular weight is 663 g/mol. The molecular weight excluding hydrogens is 619 g/mol. The van der Waals surface area contributed by atoms with Crippen molar-refractivity contribution in [2.45, 2.75) is 89.4 Å². The Bertz CT molecular complexity index is 1560. The standard InChI is InChI=1S/C36H44ClFN6O3/c1-24-19-41(23-40-24)20-25-6-5-13-43(21-25)35(45)32-22-42(14-15-44(32)36(46)47-30-7-3-2-4-8-30)34-31-12-11-28(37)16-26(31)9-10-27-17-29(38)18-39-33(27)34/h11-12,16-19,23,25,30,32,34H,2-10,13-15,20-22H2,1H3/t25-,32+,34?/m0/s1. The molecule has 7 rings (SSSR count). The lowest BCUT2D eigenvalue weighted by atomic mass is 9.94. The Morgan fingerprint density at radius 3 is 2.62 bits per heavy atom. The van der Waals surface area contributed by atoms with Crippen LogP contribution in [0.1, 0.15) is 79.1 Å². The summed E-state index contributed by atoms with van der Waals surface area (Å²) in [5.74, 6) is -0.104. The zero-order chi connectivity index (χ0) is 32.5. The highest BCUT2D eigenvalue weighted by Crippen LogP contribution is 2.38. The molecule has 2 amide bonds. The number of fused-ring (bicyclic) bond motifs is 2. The maximum Gasteiger partial charge on any atom is 0.410 e. The molecule has 4 heterocycles. The molecule has 2 aromatic heterocycles. The number of piperidine rings is 1. The summed E-state index contributed by atoms with van der Waals surface area (Å²) in [5, 5.41) is 0.654. The maximum atomic E-state index is 14.6. The van der Waals surface area contributed by atoms with Crippen LogP contribution in [0, 0.1) is 18.7 Å². The first-order chi connectivity index (χ1) is 22.8. The number of aryl methyl sites for hydroxylation is 3. The first kappa shape index (κ1) is 32.1. The Kier molecular flexibility index (Phi) is 9.50. The van der Waals surface area contributed by atoms with Gasteiger partial charge in [-0.3, -0.25) is 19.6 Å². The number of hydrogen-bond donors (Lipinski definition) is 0. The second kappa shape index (κ2) is 13.9. The van der Waals surface area contributed by atoms with E-state index >= 15 is 0 Å². The summed E-state index contributed by atoms with van der Waals surface area (Å²) in [6.45, 7) is 5.28. The molecule has 2 saturated heterocycles. The number of benzene rings is 1. The SMILES string of the molecule is Cc1cn(C[C@@H]2CCCN(C(=O)[C@H]3CN(C4c5ccc(Cl)cc5CCc5cc(F)cnc54)CCN3C(=O)OC3CCCCC3)C2)cn1. The predicted octanol–water partition coefficient (Wildman–Crippen LogP) is 5.96. The Labute approximate surface area is 281 Å². The Balaban J connectivity index is 1.18. The van der Waals surface area contributed by atoms with E-state index in [1.807, 2.05) is 42.5 Å². The molecule has 11 heteroatoms. The lowest BCUT2D eigenvalue weighted by Gasteiger charge is -2.45. The van der Waals surface area contributed by atoms with Crippen molar-refractivity contribution in [2.75, 3.05) is 32.7 Å². The lowest BCUT2D eigenvalue weighted by molar-refractivity contribution is -0.141. The summed E-state index contributed by atoms with van der Waals surface area (Å²) in [6.07, 6.45) is 13.0. The van der Waals surface area contributed by atoms with E-state index in [1.54, 1.807) is 11.0 Å². The molecule has 3 fully saturated rings. The largest absolute Gasteiger partial charge is 0.446 e. The Hall–Kier alpha value is -3.50. The number of ether oxygens (including phenoxy) is 1. The second-order valence-corrected chi connectivity index (χ2v) is 14.2. The number of amides is 2. The average Bonchev–Trinajstić information content (AvgIpc) is 3.42. The number of aromatic nitrogens is 3. The monoisotopic (exact) mass is 662 g/mol. The van der Waals surface area contributed by atoms with Gasteiger partial charge in [0.05, 0.1) is 30.0 Å². The van der Waals surface area contributed by atoms with Crippen molar-refractivity contribution in [1.82, 2.24) is 29.2 Å². The number of carbonyl (C=O) groups is 2. The third kappa shape index (κ3) is 7.04. The first-order valence-corrected chi connectivity index (χ1v) is 17.6. The van der Waals surface area contributed by atoms with E-state index in [0.717, 1.165) is 79.6 Å². The van der Waals surface area contributed by atoms with Crippen molar-refractivity contribution in [2.24, 2.45) is 5.92 Å². The number of hydrogen-bond acceptors (Lipinski definition) is 6. The van der Waals surface area contributed by atoms with E-state index in [-0.39, 0.29) is 23.9 Å². The summed E-state index contributed by atoms with van der Waals surface area (Å²) >= 11 is 6.45. The van der Waals surface area contributed by atoms with Crippen LogP contribution in [0.2, 0.25) is 5.02 Å². The number of piperazine rings is 1. The predicted molar refractivity (Wildman–Crippen MR) is 177 cm³/mol. The minimum atomic E-state index is -0.711. The van der Waals surface area contributed by atoms with Crippen LogP contribution in [0.5, 0.6) is 0 Å². The smallest absolute Gasteiger partial charge is 0.410 e. The van der Waals surface area contributed by atoms with E-state index in [2.05, 4.69) is 19.4 Å². The third-order valence-electron chi connectivity index (χ3n) is 10.5. The molecule has 2 aliphatic carbocycles. The van der Waals surface area contributed by atoms with E-state index in [9.17, 15) is 14.0 Å². The second-order valence-electron chi connectivity index (χ2n) is 13.8. The van der Waals surface area contributed by atoms with Gasteiger partial charge in [0.15, 0.2) is 0 Å².